The molecule has 3 rings (SSSR count). The number of carbonyl (C=O) groups excluding carboxylic acids is 1. The Morgan fingerprint density at radius 2 is 2.14 bits per heavy atom. The van der Waals surface area contributed by atoms with Gasteiger partial charge in [-0.15, -0.1) is 0 Å². The van der Waals surface area contributed by atoms with E-state index < -0.39 is 5.82 Å². The van der Waals surface area contributed by atoms with Gasteiger partial charge >= 0.3 is 0 Å². The van der Waals surface area contributed by atoms with Gasteiger partial charge in [0.2, 0.25) is 5.91 Å². The summed E-state index contributed by atoms with van der Waals surface area (Å²) < 4.78 is 13.3. The highest BCUT2D eigenvalue weighted by atomic mass is 35.5. The second kappa shape index (κ2) is 5.26. The molecule has 0 bridgehead atoms. The second-order valence-corrected chi connectivity index (χ2v) is 5.26. The van der Waals surface area contributed by atoms with Crippen LogP contribution in [0.15, 0.2) is 30.3 Å². The molecule has 108 valence electrons. The standard InChI is InChI=1S/C15H12ClFN2O2/c16-10-6-12-9(5-15(21)19-12)4-13(10)18-7-8-1-2-14(20)11(17)3-8/h1-4,6,18,20H,5,7H2,(H,19,21). The predicted octanol–water partition coefficient (Wildman–Crippen LogP) is 3.29. The molecule has 0 saturated carbocycles. The average molecular weight is 307 g/mol. The molecule has 6 heteroatoms. The van der Waals surface area contributed by atoms with Gasteiger partial charge in [0.05, 0.1) is 17.1 Å². The lowest BCUT2D eigenvalue weighted by molar-refractivity contribution is -0.115. The van der Waals surface area contributed by atoms with Crippen LogP contribution < -0.4 is 10.6 Å². The van der Waals surface area contributed by atoms with Gasteiger partial charge in [-0.25, -0.2) is 4.39 Å². The molecule has 0 saturated heterocycles. The van der Waals surface area contributed by atoms with E-state index in [2.05, 4.69) is 10.6 Å². The molecule has 0 aromatic heterocycles. The fraction of sp³-hybridized carbons (Fsp3) is 0.133. The first-order valence-corrected chi connectivity index (χ1v) is 6.74. The van der Waals surface area contributed by atoms with E-state index in [0.717, 1.165) is 11.3 Å². The first-order valence-electron chi connectivity index (χ1n) is 6.36. The summed E-state index contributed by atoms with van der Waals surface area (Å²) in [6.07, 6.45) is 0.328. The summed E-state index contributed by atoms with van der Waals surface area (Å²) in [7, 11) is 0. The van der Waals surface area contributed by atoms with Crippen LogP contribution in [0.1, 0.15) is 11.1 Å². The Hall–Kier alpha value is -2.27. The van der Waals surface area contributed by atoms with Crippen molar-refractivity contribution in [3.63, 3.8) is 0 Å². The summed E-state index contributed by atoms with van der Waals surface area (Å²) in [5.41, 5.74) is 2.96. The van der Waals surface area contributed by atoms with Gasteiger partial charge in [-0.1, -0.05) is 17.7 Å². The maximum atomic E-state index is 13.3. The van der Waals surface area contributed by atoms with Crippen molar-refractivity contribution in [1.82, 2.24) is 0 Å². The van der Waals surface area contributed by atoms with E-state index in [4.69, 9.17) is 16.7 Å². The van der Waals surface area contributed by atoms with Gasteiger partial charge < -0.3 is 15.7 Å². The van der Waals surface area contributed by atoms with Crippen molar-refractivity contribution in [3.8, 4) is 5.75 Å². The summed E-state index contributed by atoms with van der Waals surface area (Å²) in [6, 6.07) is 7.69. The number of halogens is 2. The van der Waals surface area contributed by atoms with Crippen LogP contribution in [0.3, 0.4) is 0 Å². The van der Waals surface area contributed by atoms with Crippen molar-refractivity contribution in [2.45, 2.75) is 13.0 Å². The van der Waals surface area contributed by atoms with Crippen molar-refractivity contribution in [3.05, 3.63) is 52.3 Å². The number of aromatic hydroxyl groups is 1. The quantitative estimate of drug-likeness (QED) is 0.815. The molecule has 2 aromatic carbocycles. The summed E-state index contributed by atoms with van der Waals surface area (Å²) >= 11 is 6.15. The maximum Gasteiger partial charge on any atom is 0.228 e. The first kappa shape index (κ1) is 13.7. The molecule has 0 aliphatic carbocycles. The topological polar surface area (TPSA) is 61.4 Å². The largest absolute Gasteiger partial charge is 0.505 e. The molecule has 0 radical (unpaired) electrons. The van der Waals surface area contributed by atoms with Gasteiger partial charge in [0.15, 0.2) is 11.6 Å². The number of amides is 1. The Kier molecular flexibility index (Phi) is 3.43. The van der Waals surface area contributed by atoms with Crippen molar-refractivity contribution in [1.29, 1.82) is 0 Å². The maximum absolute atomic E-state index is 13.3. The number of nitrogens with one attached hydrogen (secondary N) is 2. The Morgan fingerprint density at radius 3 is 2.90 bits per heavy atom. The smallest absolute Gasteiger partial charge is 0.228 e. The number of fused-ring (bicyclic) bond motifs is 1. The molecule has 3 N–H and O–H groups in total. The number of phenolic OH excluding ortho intramolecular Hbond substituents is 1. The van der Waals surface area contributed by atoms with E-state index in [-0.39, 0.29) is 11.7 Å². The minimum atomic E-state index is -0.663. The predicted molar refractivity (Wildman–Crippen MR) is 79.2 cm³/mol. The fourth-order valence-corrected chi connectivity index (χ4v) is 2.47. The molecule has 21 heavy (non-hydrogen) atoms. The molecule has 0 spiro atoms. The minimum absolute atomic E-state index is 0.0566. The zero-order valence-corrected chi connectivity index (χ0v) is 11.7. The lowest BCUT2D eigenvalue weighted by Crippen LogP contribution is -2.03. The highest BCUT2D eigenvalue weighted by molar-refractivity contribution is 6.33. The SMILES string of the molecule is O=C1Cc2cc(NCc3ccc(O)c(F)c3)c(Cl)cc2N1. The molecule has 4 nitrogen and oxygen atoms in total. The third kappa shape index (κ3) is 2.78. The summed E-state index contributed by atoms with van der Waals surface area (Å²) in [4.78, 5) is 11.3. The zero-order valence-electron chi connectivity index (χ0n) is 10.9. The monoisotopic (exact) mass is 306 g/mol. The van der Waals surface area contributed by atoms with E-state index in [0.29, 0.717) is 29.2 Å². The lowest BCUT2D eigenvalue weighted by Gasteiger charge is -2.11. The van der Waals surface area contributed by atoms with Gasteiger partial charge in [-0.05, 0) is 35.4 Å². The molecular weight excluding hydrogens is 295 g/mol. The van der Waals surface area contributed by atoms with Crippen LogP contribution >= 0.6 is 11.6 Å². The molecule has 0 unspecified atom stereocenters. The number of hydrogen-bond donors (Lipinski definition) is 3. The van der Waals surface area contributed by atoms with Crippen LogP contribution in [0.5, 0.6) is 5.75 Å². The highest BCUT2D eigenvalue weighted by Gasteiger charge is 2.19. The van der Waals surface area contributed by atoms with E-state index in [1.165, 1.54) is 12.1 Å². The Morgan fingerprint density at radius 1 is 1.33 bits per heavy atom. The second-order valence-electron chi connectivity index (χ2n) is 4.85. The molecule has 1 aliphatic heterocycles. The summed E-state index contributed by atoms with van der Waals surface area (Å²) in [5.74, 6) is -1.10. The molecule has 2 aromatic rings. The third-order valence-electron chi connectivity index (χ3n) is 3.31. The first-order chi connectivity index (χ1) is 10.0. The van der Waals surface area contributed by atoms with E-state index >= 15 is 0 Å². The van der Waals surface area contributed by atoms with Gasteiger partial charge in [0.1, 0.15) is 0 Å². The van der Waals surface area contributed by atoms with Gasteiger partial charge in [0, 0.05) is 12.2 Å². The van der Waals surface area contributed by atoms with Crippen LogP contribution in [0.25, 0.3) is 0 Å². The molecule has 0 atom stereocenters. The number of phenols is 1. The number of hydrogen-bond acceptors (Lipinski definition) is 3. The normalized spacial score (nSPS) is 13.0. The van der Waals surface area contributed by atoms with Crippen LogP contribution in [0.4, 0.5) is 15.8 Å². The Labute approximate surface area is 125 Å². The summed E-state index contributed by atoms with van der Waals surface area (Å²) in [6.45, 7) is 0.358. The van der Waals surface area contributed by atoms with Crippen molar-refractivity contribution >= 4 is 28.9 Å². The number of carbonyl (C=O) groups is 1. The molecule has 0 fully saturated rings. The number of benzene rings is 2. The average Bonchev–Trinajstić information content (AvgIpc) is 2.79. The lowest BCUT2D eigenvalue weighted by atomic mass is 10.1. The molecule has 1 amide bonds. The van der Waals surface area contributed by atoms with E-state index in [1.807, 2.05) is 6.07 Å². The van der Waals surface area contributed by atoms with Crippen molar-refractivity contribution < 1.29 is 14.3 Å². The summed E-state index contributed by atoms with van der Waals surface area (Å²) in [5, 5.41) is 15.5. The van der Waals surface area contributed by atoms with Crippen LogP contribution in [0, 0.1) is 5.82 Å². The van der Waals surface area contributed by atoms with Gasteiger partial charge in [0.25, 0.3) is 0 Å². The molecule has 1 aliphatic rings. The highest BCUT2D eigenvalue weighted by Crippen LogP contribution is 2.33. The van der Waals surface area contributed by atoms with Crippen molar-refractivity contribution in [2.75, 3.05) is 10.6 Å². The Balaban J connectivity index is 1.78. The van der Waals surface area contributed by atoms with Crippen LogP contribution in [0.2, 0.25) is 5.02 Å². The number of rotatable bonds is 3. The van der Waals surface area contributed by atoms with E-state index in [9.17, 15) is 9.18 Å². The molecule has 1 heterocycles. The Bertz CT molecular complexity index is 734. The zero-order chi connectivity index (χ0) is 15.0. The minimum Gasteiger partial charge on any atom is -0.505 e. The fourth-order valence-electron chi connectivity index (χ4n) is 2.24. The third-order valence-corrected chi connectivity index (χ3v) is 3.63. The van der Waals surface area contributed by atoms with Crippen LogP contribution in [-0.4, -0.2) is 11.0 Å². The van der Waals surface area contributed by atoms with Crippen LogP contribution in [-0.2, 0) is 17.8 Å². The van der Waals surface area contributed by atoms with Crippen molar-refractivity contribution in [2.24, 2.45) is 0 Å². The van der Waals surface area contributed by atoms with Gasteiger partial charge in [-0.2, -0.15) is 0 Å². The number of anilines is 2. The van der Waals surface area contributed by atoms with E-state index in [1.54, 1.807) is 12.1 Å². The molecular formula is C15H12ClFN2O2. The van der Waals surface area contributed by atoms with Gasteiger partial charge in [-0.3, -0.25) is 4.79 Å².